The Labute approximate surface area is 149 Å². The zero-order chi connectivity index (χ0) is 17.9. The molecule has 1 aromatic carbocycles. The van der Waals surface area contributed by atoms with E-state index < -0.39 is 0 Å². The van der Waals surface area contributed by atoms with Gasteiger partial charge in [0.2, 0.25) is 0 Å². The fourth-order valence-electron chi connectivity index (χ4n) is 2.87. The number of methoxy groups -OCH3 is 1. The Hall–Kier alpha value is -3.13. The maximum Gasteiger partial charge on any atom is 0.292 e. The number of benzene rings is 1. The molecule has 2 aromatic heterocycles. The van der Waals surface area contributed by atoms with Crippen molar-refractivity contribution in [2.45, 2.75) is 0 Å². The lowest BCUT2D eigenvalue weighted by Crippen LogP contribution is -2.36. The van der Waals surface area contributed by atoms with Gasteiger partial charge in [0.25, 0.3) is 5.91 Å². The summed E-state index contributed by atoms with van der Waals surface area (Å²) < 4.78 is 16.3. The number of aromatic nitrogens is 2. The van der Waals surface area contributed by atoms with Gasteiger partial charge >= 0.3 is 0 Å². The molecule has 134 valence electrons. The smallest absolute Gasteiger partial charge is 0.292 e. The number of para-hydroxylation sites is 1. The van der Waals surface area contributed by atoms with Crippen LogP contribution >= 0.6 is 0 Å². The van der Waals surface area contributed by atoms with Crippen molar-refractivity contribution in [2.75, 3.05) is 43.6 Å². The molecule has 0 spiro atoms. The Balaban J connectivity index is 1.54. The highest BCUT2D eigenvalue weighted by Crippen LogP contribution is 2.28. The van der Waals surface area contributed by atoms with Crippen LogP contribution in [0.5, 0.6) is 5.75 Å². The van der Waals surface area contributed by atoms with Crippen molar-refractivity contribution in [3.8, 4) is 5.75 Å². The van der Waals surface area contributed by atoms with E-state index in [2.05, 4.69) is 20.2 Å². The molecule has 0 bridgehead atoms. The molecular formula is C18H18N4O4. The molecule has 0 aliphatic carbocycles. The minimum atomic E-state index is -0.380. The molecule has 0 radical (unpaired) electrons. The van der Waals surface area contributed by atoms with Crippen molar-refractivity contribution < 1.29 is 18.7 Å². The SMILES string of the molecule is COc1cccc2cc(C(=O)Nc3cc(N4CCOCC4)ncn3)oc12. The highest BCUT2D eigenvalue weighted by Gasteiger charge is 2.17. The third-order valence-electron chi connectivity index (χ3n) is 4.18. The summed E-state index contributed by atoms with van der Waals surface area (Å²) in [7, 11) is 1.56. The standard InChI is InChI=1S/C18H18N4O4/c1-24-13-4-2-3-12-9-14(26-17(12)13)18(23)21-15-10-16(20-11-19-15)22-5-7-25-8-6-22/h2-4,9-11H,5-8H2,1H3,(H,19,20,21,23). The second-order valence-electron chi connectivity index (χ2n) is 5.80. The lowest BCUT2D eigenvalue weighted by Gasteiger charge is -2.27. The first-order valence-electron chi connectivity index (χ1n) is 8.27. The Morgan fingerprint density at radius 2 is 2.08 bits per heavy atom. The first-order valence-corrected chi connectivity index (χ1v) is 8.27. The summed E-state index contributed by atoms with van der Waals surface area (Å²) in [6.45, 7) is 2.83. The fraction of sp³-hybridized carbons (Fsp3) is 0.278. The highest BCUT2D eigenvalue weighted by molar-refractivity contribution is 6.04. The Kier molecular flexibility index (Phi) is 4.40. The van der Waals surface area contributed by atoms with Gasteiger partial charge in [0.15, 0.2) is 17.1 Å². The number of fused-ring (bicyclic) bond motifs is 1. The number of carbonyl (C=O) groups is 1. The molecule has 0 atom stereocenters. The summed E-state index contributed by atoms with van der Waals surface area (Å²) in [5.74, 6) is 1.56. The van der Waals surface area contributed by atoms with Gasteiger partial charge in [-0.15, -0.1) is 0 Å². The van der Waals surface area contributed by atoms with Crippen LogP contribution in [0.3, 0.4) is 0 Å². The van der Waals surface area contributed by atoms with Crippen LogP contribution in [0.15, 0.2) is 41.1 Å². The average Bonchev–Trinajstić information content (AvgIpc) is 3.13. The van der Waals surface area contributed by atoms with Gasteiger partial charge in [-0.1, -0.05) is 12.1 Å². The Morgan fingerprint density at radius 1 is 1.23 bits per heavy atom. The quantitative estimate of drug-likeness (QED) is 0.769. The van der Waals surface area contributed by atoms with Crippen LogP contribution in [0.25, 0.3) is 11.0 Å². The van der Waals surface area contributed by atoms with Crippen molar-refractivity contribution in [1.29, 1.82) is 0 Å². The normalized spacial score (nSPS) is 14.4. The summed E-state index contributed by atoms with van der Waals surface area (Å²) in [6, 6.07) is 8.91. The number of carbonyl (C=O) groups excluding carboxylic acids is 1. The number of hydrogen-bond acceptors (Lipinski definition) is 7. The predicted octanol–water partition coefficient (Wildman–Crippen LogP) is 2.32. The lowest BCUT2D eigenvalue weighted by atomic mass is 10.2. The molecule has 1 aliphatic heterocycles. The number of nitrogens with zero attached hydrogens (tertiary/aromatic N) is 3. The molecule has 26 heavy (non-hydrogen) atoms. The van der Waals surface area contributed by atoms with E-state index in [1.165, 1.54) is 6.33 Å². The molecular weight excluding hydrogens is 336 g/mol. The molecule has 8 heteroatoms. The van der Waals surface area contributed by atoms with Gasteiger partial charge in [-0.05, 0) is 12.1 Å². The monoisotopic (exact) mass is 354 g/mol. The molecule has 1 N–H and O–H groups in total. The molecule has 0 saturated carbocycles. The maximum atomic E-state index is 12.5. The minimum Gasteiger partial charge on any atom is -0.493 e. The van der Waals surface area contributed by atoms with Crippen LogP contribution in [0.4, 0.5) is 11.6 Å². The van der Waals surface area contributed by atoms with Gasteiger partial charge in [-0.3, -0.25) is 4.79 Å². The second kappa shape index (κ2) is 7.01. The fourth-order valence-corrected chi connectivity index (χ4v) is 2.87. The van der Waals surface area contributed by atoms with Gasteiger partial charge in [0.1, 0.15) is 18.0 Å². The molecule has 1 aliphatic rings. The van der Waals surface area contributed by atoms with Crippen molar-refractivity contribution in [1.82, 2.24) is 9.97 Å². The van der Waals surface area contributed by atoms with E-state index in [9.17, 15) is 4.79 Å². The number of nitrogens with one attached hydrogen (secondary N) is 1. The second-order valence-corrected chi connectivity index (χ2v) is 5.80. The maximum absolute atomic E-state index is 12.5. The summed E-state index contributed by atoms with van der Waals surface area (Å²) in [6.07, 6.45) is 1.43. The number of furan rings is 1. The van der Waals surface area contributed by atoms with E-state index in [1.807, 2.05) is 12.1 Å². The van der Waals surface area contributed by atoms with Crippen molar-refractivity contribution in [2.24, 2.45) is 0 Å². The van der Waals surface area contributed by atoms with E-state index >= 15 is 0 Å². The predicted molar refractivity (Wildman–Crippen MR) is 95.8 cm³/mol. The van der Waals surface area contributed by atoms with Gasteiger partial charge in [-0.2, -0.15) is 0 Å². The molecule has 3 aromatic rings. The molecule has 0 unspecified atom stereocenters. The Morgan fingerprint density at radius 3 is 2.88 bits per heavy atom. The lowest BCUT2D eigenvalue weighted by molar-refractivity contribution is 0.0998. The van der Waals surface area contributed by atoms with Crippen molar-refractivity contribution >= 4 is 28.5 Å². The van der Waals surface area contributed by atoms with E-state index in [-0.39, 0.29) is 11.7 Å². The summed E-state index contributed by atoms with van der Waals surface area (Å²) >= 11 is 0. The largest absolute Gasteiger partial charge is 0.493 e. The number of ether oxygens (including phenoxy) is 2. The molecule has 1 amide bonds. The van der Waals surface area contributed by atoms with Crippen LogP contribution in [0, 0.1) is 0 Å². The van der Waals surface area contributed by atoms with Gasteiger partial charge in [0.05, 0.1) is 20.3 Å². The molecule has 3 heterocycles. The number of amides is 1. The van der Waals surface area contributed by atoms with E-state index in [0.717, 1.165) is 24.3 Å². The van der Waals surface area contributed by atoms with Gasteiger partial charge in [0, 0.05) is 24.5 Å². The number of rotatable bonds is 4. The third-order valence-corrected chi connectivity index (χ3v) is 4.18. The Bertz CT molecular complexity index is 934. The van der Waals surface area contributed by atoms with Crippen LogP contribution in [-0.2, 0) is 4.74 Å². The van der Waals surface area contributed by atoms with Crippen LogP contribution in [0.2, 0.25) is 0 Å². The van der Waals surface area contributed by atoms with Gasteiger partial charge < -0.3 is 24.1 Å². The van der Waals surface area contributed by atoms with Gasteiger partial charge in [-0.25, -0.2) is 9.97 Å². The van der Waals surface area contributed by atoms with Crippen LogP contribution in [-0.4, -0.2) is 49.3 Å². The van der Waals surface area contributed by atoms with Crippen molar-refractivity contribution in [3.05, 3.63) is 42.4 Å². The third kappa shape index (κ3) is 3.18. The van der Waals surface area contributed by atoms with Crippen molar-refractivity contribution in [3.63, 3.8) is 0 Å². The molecule has 1 fully saturated rings. The van der Waals surface area contributed by atoms with E-state index in [4.69, 9.17) is 13.9 Å². The molecule has 1 saturated heterocycles. The summed E-state index contributed by atoms with van der Waals surface area (Å²) in [4.78, 5) is 23.0. The zero-order valence-electron chi connectivity index (χ0n) is 14.3. The van der Waals surface area contributed by atoms with Crippen LogP contribution in [0.1, 0.15) is 10.6 Å². The molecule has 4 rings (SSSR count). The number of anilines is 2. The summed E-state index contributed by atoms with van der Waals surface area (Å²) in [5, 5.41) is 3.55. The number of morpholine rings is 1. The highest BCUT2D eigenvalue weighted by atomic mass is 16.5. The summed E-state index contributed by atoms with van der Waals surface area (Å²) in [5.41, 5.74) is 0.539. The number of hydrogen-bond donors (Lipinski definition) is 1. The minimum absolute atomic E-state index is 0.191. The first kappa shape index (κ1) is 16.3. The average molecular weight is 354 g/mol. The topological polar surface area (TPSA) is 89.7 Å². The zero-order valence-corrected chi connectivity index (χ0v) is 14.3. The van der Waals surface area contributed by atoms with E-state index in [0.29, 0.717) is 30.4 Å². The molecule has 8 nitrogen and oxygen atoms in total. The first-order chi connectivity index (χ1) is 12.7. The van der Waals surface area contributed by atoms with Crippen LogP contribution < -0.4 is 15.0 Å². The van der Waals surface area contributed by atoms with E-state index in [1.54, 1.807) is 25.3 Å².